The molecule has 0 saturated heterocycles. The molecule has 0 saturated carbocycles. The van der Waals surface area contributed by atoms with Gasteiger partial charge in [-0.05, 0) is 0 Å². The van der Waals surface area contributed by atoms with Gasteiger partial charge in [-0.15, -0.1) is 26.3 Å². The van der Waals surface area contributed by atoms with Crippen LogP contribution in [-0.2, 0) is 47.8 Å². The average Bonchev–Trinajstić information content (AvgIpc) is 3.00. The molecule has 6 unspecified atom stereocenters. The number of hydrogen-bond donors (Lipinski definition) is 0. The summed E-state index contributed by atoms with van der Waals surface area (Å²) in [4.78, 5) is 26.3. The molecule has 0 aliphatic heterocycles. The van der Waals surface area contributed by atoms with Crippen molar-refractivity contribution in [3.63, 3.8) is 0 Å². The predicted molar refractivity (Wildman–Crippen MR) is 110 cm³/mol. The second kappa shape index (κ2) is 17.4. The lowest BCUT2D eigenvalue weighted by Crippen LogP contribution is -2.70. The average molecular weight is 1120 g/mol. The maximum atomic E-state index is 14.5. The minimum Gasteiger partial charge on any atom is -0.263 e. The van der Waals surface area contributed by atoms with Crippen LogP contribution >= 0.6 is 0 Å². The number of hydrogen-bond acceptors (Lipinski definition) is 10. The molecule has 6 atom stereocenters. The van der Waals surface area contributed by atoms with E-state index in [1.165, 1.54) is 0 Å². The fourth-order valence-corrected chi connectivity index (χ4v) is 3.03. The smallest absolute Gasteiger partial charge is 0.263 e. The first kappa shape index (κ1) is 64.0. The summed E-state index contributed by atoms with van der Waals surface area (Å²) in [6, 6.07) is 0. The van der Waals surface area contributed by atoms with E-state index in [2.05, 4.69) is 0 Å². The Balaban J connectivity index is 7.55. The van der Waals surface area contributed by atoms with Crippen molar-refractivity contribution in [2.75, 3.05) is 0 Å². The lowest BCUT2D eigenvalue weighted by Gasteiger charge is -2.41. The second-order valence-electron chi connectivity index (χ2n) is 10.9. The van der Waals surface area contributed by atoms with Crippen LogP contribution in [0.25, 0.3) is 0 Å². The van der Waals surface area contributed by atoms with Crippen molar-refractivity contribution in [3.05, 3.63) is 0 Å². The number of alkyl halides is 38. The van der Waals surface area contributed by atoms with E-state index in [4.69, 9.17) is 0 Å². The summed E-state index contributed by atoms with van der Waals surface area (Å²) in [6.07, 6.45) is -103. The summed E-state index contributed by atoms with van der Waals surface area (Å²) >= 11 is 0. The molecule has 68 heavy (non-hydrogen) atoms. The van der Waals surface area contributed by atoms with Gasteiger partial charge in [0.1, 0.15) is 0 Å². The highest BCUT2D eigenvalue weighted by atomic mass is 19.5. The Kier molecular flexibility index (Phi) is 16.4. The molecular formula is C20F38O10. The topological polar surface area (TPSA) is 108 Å². The fourth-order valence-electron chi connectivity index (χ4n) is 3.03. The number of ether oxygens (including phenoxy) is 6. The Hall–Kier alpha value is -3.96. The van der Waals surface area contributed by atoms with Crippen molar-refractivity contribution in [1.82, 2.24) is 0 Å². The van der Waals surface area contributed by atoms with Gasteiger partial charge in [0.05, 0.1) is 0 Å². The Morgan fingerprint density at radius 3 is 0.529 bits per heavy atom. The van der Waals surface area contributed by atoms with Gasteiger partial charge in [-0.1, -0.05) is 0 Å². The van der Waals surface area contributed by atoms with Gasteiger partial charge in [-0.3, -0.25) is 18.9 Å². The van der Waals surface area contributed by atoms with Gasteiger partial charge in [0.15, 0.2) is 0 Å². The lowest BCUT2D eigenvalue weighted by molar-refractivity contribution is -0.575. The molecule has 10 nitrogen and oxygen atoms in total. The molecule has 0 heterocycles. The second-order valence-corrected chi connectivity index (χ2v) is 10.9. The summed E-state index contributed by atoms with van der Waals surface area (Å²) in [5, 5.41) is 0. The molecule has 48 heteroatoms. The standard InChI is InChI=1S/C20F38O10/c21-3(9(27,28)29,63-15(45,46)5(23,11(33,34)35)65-17(49,50)7(25,13(39,40)41)67-19(53,54)55)1(59)61-62-2(60)4(22,10(30,31)32)64-16(47,48)6(24,12(36,37)38)66-18(51,52)8(26,14(42,43)44)68-20(56,57)58. The predicted octanol–water partition coefficient (Wildman–Crippen LogP) is 10.9. The fraction of sp³-hybridized carbons (Fsp3) is 0.900. The van der Waals surface area contributed by atoms with Gasteiger partial charge in [0, 0.05) is 0 Å². The summed E-state index contributed by atoms with van der Waals surface area (Å²) in [7, 11) is 0. The van der Waals surface area contributed by atoms with Crippen molar-refractivity contribution < 1.29 is 215 Å². The molecule has 0 spiro atoms. The summed E-state index contributed by atoms with van der Waals surface area (Å²) in [5.74, 6) is -63.4. The van der Waals surface area contributed by atoms with Crippen LogP contribution < -0.4 is 0 Å². The number of halogens is 38. The first-order chi connectivity index (χ1) is 28.8. The number of carbonyl (C=O) groups is 2. The Morgan fingerprint density at radius 2 is 0.382 bits per heavy atom. The highest BCUT2D eigenvalue weighted by Gasteiger charge is 2.89. The number of carbonyl (C=O) groups excluding carboxylic acids is 2. The van der Waals surface area contributed by atoms with Crippen LogP contribution in [0.5, 0.6) is 0 Å². The summed E-state index contributed by atoms with van der Waals surface area (Å²) < 4.78 is 512. The Morgan fingerprint density at radius 1 is 0.221 bits per heavy atom. The largest absolute Gasteiger partial charge is 0.525 e. The van der Waals surface area contributed by atoms with Crippen LogP contribution in [0.15, 0.2) is 0 Å². The van der Waals surface area contributed by atoms with E-state index in [1.807, 2.05) is 0 Å². The number of rotatable bonds is 16. The molecule has 0 amide bonds. The zero-order valence-electron chi connectivity index (χ0n) is 28.4. The van der Waals surface area contributed by atoms with E-state index in [1.54, 1.807) is 9.78 Å². The van der Waals surface area contributed by atoms with E-state index in [-0.39, 0.29) is 0 Å². The van der Waals surface area contributed by atoms with Crippen molar-refractivity contribution in [2.24, 2.45) is 0 Å². The highest BCUT2D eigenvalue weighted by molar-refractivity contribution is 5.82. The third-order valence-corrected chi connectivity index (χ3v) is 5.99. The van der Waals surface area contributed by atoms with Gasteiger partial charge in [0.25, 0.3) is 0 Å². The zero-order chi connectivity index (χ0) is 55.8. The van der Waals surface area contributed by atoms with Crippen LogP contribution in [0.3, 0.4) is 0 Å². The quantitative estimate of drug-likeness (QED) is 0.0842. The molecule has 0 N–H and O–H groups in total. The molecule has 0 aliphatic rings. The lowest BCUT2D eigenvalue weighted by atomic mass is 10.2. The zero-order valence-corrected chi connectivity index (χ0v) is 28.4. The van der Waals surface area contributed by atoms with Gasteiger partial charge >= 0.3 is 121 Å². The van der Waals surface area contributed by atoms with Crippen LogP contribution in [0, 0.1) is 0 Å². The molecule has 0 aromatic rings. The maximum Gasteiger partial charge on any atom is 0.525 e. The van der Waals surface area contributed by atoms with Crippen LogP contribution in [0.4, 0.5) is 167 Å². The van der Waals surface area contributed by atoms with Crippen LogP contribution in [0.2, 0.25) is 0 Å². The van der Waals surface area contributed by atoms with E-state index >= 15 is 0 Å². The maximum absolute atomic E-state index is 14.5. The first-order valence-corrected chi connectivity index (χ1v) is 13.6. The molecule has 0 aromatic heterocycles. The van der Waals surface area contributed by atoms with E-state index in [0.717, 1.165) is 28.4 Å². The molecule has 0 fully saturated rings. The summed E-state index contributed by atoms with van der Waals surface area (Å²) in [6.45, 7) is 0. The third-order valence-electron chi connectivity index (χ3n) is 5.99. The molecule has 406 valence electrons. The molecule has 0 aliphatic carbocycles. The van der Waals surface area contributed by atoms with E-state index < -0.39 is 121 Å². The molecule has 0 aromatic carbocycles. The Bertz CT molecular complexity index is 1660. The van der Waals surface area contributed by atoms with Gasteiger partial charge in [0.2, 0.25) is 0 Å². The molecule has 0 rings (SSSR count). The Labute approximate surface area is 337 Å². The van der Waals surface area contributed by atoms with Gasteiger partial charge in [-0.25, -0.2) is 28.8 Å². The highest BCUT2D eigenvalue weighted by Crippen LogP contribution is 2.60. The minimum atomic E-state index is -9.11. The van der Waals surface area contributed by atoms with Gasteiger partial charge < -0.3 is 0 Å². The van der Waals surface area contributed by atoms with Crippen molar-refractivity contribution >= 4 is 11.9 Å². The monoisotopic (exact) mass is 1120 g/mol. The van der Waals surface area contributed by atoms with Gasteiger partial charge in [-0.2, -0.15) is 140 Å². The molecular weight excluding hydrogens is 1120 g/mol. The van der Waals surface area contributed by atoms with Crippen molar-refractivity contribution in [2.45, 2.75) is 109 Å². The SMILES string of the molecule is O=C(OOC(=O)C(F)(OC(F)(F)C(F)(OC(F)(F)C(F)(OC(F)(F)F)C(F)(F)F)C(F)(F)F)C(F)(F)F)C(F)(OC(F)(F)C(F)(OC(F)(F)C(F)(OC(F)(F)F)C(F)(F)F)C(F)(F)F)C(F)(F)F. The summed E-state index contributed by atoms with van der Waals surface area (Å²) in [5.41, 5.74) is 0. The first-order valence-electron chi connectivity index (χ1n) is 13.6. The molecule has 0 bridgehead atoms. The van der Waals surface area contributed by atoms with Crippen LogP contribution in [-0.4, -0.2) is 121 Å². The van der Waals surface area contributed by atoms with E-state index in [9.17, 15) is 176 Å². The normalized spacial score (nSPS) is 20.5. The van der Waals surface area contributed by atoms with Crippen molar-refractivity contribution in [1.29, 1.82) is 0 Å². The minimum absolute atomic E-state index is 0.940. The van der Waals surface area contributed by atoms with Crippen molar-refractivity contribution in [3.8, 4) is 0 Å². The van der Waals surface area contributed by atoms with E-state index in [0.29, 0.717) is 0 Å². The molecule has 0 radical (unpaired) electrons. The van der Waals surface area contributed by atoms with Crippen LogP contribution in [0.1, 0.15) is 0 Å². The third kappa shape index (κ3) is 12.0.